The van der Waals surface area contributed by atoms with E-state index in [9.17, 15) is 4.57 Å². The first-order chi connectivity index (χ1) is 9.70. The Kier molecular flexibility index (Phi) is 9.74. The Labute approximate surface area is 124 Å². The lowest BCUT2D eigenvalue weighted by Gasteiger charge is -2.26. The summed E-state index contributed by atoms with van der Waals surface area (Å²) in [6.07, 6.45) is 5.81. The predicted octanol–water partition coefficient (Wildman–Crippen LogP) is 2.11. The van der Waals surface area contributed by atoms with Crippen LogP contribution < -0.4 is 10.6 Å². The summed E-state index contributed by atoms with van der Waals surface area (Å²) < 4.78 is 18.1. The van der Waals surface area contributed by atoms with Gasteiger partial charge in [-0.15, -0.1) is 0 Å². The molecule has 1 rings (SSSR count). The molecule has 5 nitrogen and oxygen atoms in total. The summed E-state index contributed by atoms with van der Waals surface area (Å²) in [5.74, 6) is 0. The van der Waals surface area contributed by atoms with E-state index in [-0.39, 0.29) is 0 Å². The largest absolute Gasteiger partial charge is 0.328 e. The number of rotatable bonds is 5. The minimum Gasteiger partial charge on any atom is -0.328 e. The molecule has 20 heavy (non-hydrogen) atoms. The van der Waals surface area contributed by atoms with E-state index in [0.29, 0.717) is 12.8 Å². The van der Waals surface area contributed by atoms with Gasteiger partial charge in [0.05, 0.1) is 6.61 Å². The van der Waals surface area contributed by atoms with Crippen LogP contribution in [-0.4, -0.2) is 56.9 Å². The van der Waals surface area contributed by atoms with Gasteiger partial charge in [-0.25, -0.2) is 0 Å². The Morgan fingerprint density at radius 3 is 2.10 bits per heavy atom. The highest BCUT2D eigenvalue weighted by molar-refractivity contribution is 7.61. The van der Waals surface area contributed by atoms with Crippen molar-refractivity contribution < 1.29 is 9.09 Å². The first kappa shape index (κ1) is 18.1. The van der Waals surface area contributed by atoms with Gasteiger partial charge in [-0.3, -0.25) is 9.46 Å². The van der Waals surface area contributed by atoms with Crippen LogP contribution in [0.15, 0.2) is 0 Å². The average molecular weight is 304 g/mol. The summed E-state index contributed by atoms with van der Waals surface area (Å²) in [7, 11) is -2.59. The van der Waals surface area contributed by atoms with Gasteiger partial charge in [0.1, 0.15) is 6.29 Å². The Morgan fingerprint density at radius 2 is 1.60 bits per heavy atom. The van der Waals surface area contributed by atoms with Gasteiger partial charge < -0.3 is 15.2 Å². The molecule has 1 radical (unpaired) electrons. The van der Waals surface area contributed by atoms with Crippen LogP contribution in [0, 0.1) is 6.29 Å². The van der Waals surface area contributed by atoms with E-state index in [1.807, 2.05) is 20.1 Å². The van der Waals surface area contributed by atoms with Gasteiger partial charge in [0.25, 0.3) is 0 Å². The lowest BCUT2D eigenvalue weighted by molar-refractivity contribution is 0.298. The molecule has 0 aromatic heterocycles. The van der Waals surface area contributed by atoms with E-state index in [0.717, 1.165) is 52.1 Å². The molecule has 1 fully saturated rings. The molecule has 1 unspecified atom stereocenters. The summed E-state index contributed by atoms with van der Waals surface area (Å²) >= 11 is 0. The molecule has 1 aliphatic heterocycles. The molecule has 0 aromatic carbocycles. The van der Waals surface area contributed by atoms with Gasteiger partial charge in [-0.05, 0) is 52.4 Å². The smallest absolute Gasteiger partial charge is 0.221 e. The molecule has 1 atom stereocenters. The summed E-state index contributed by atoms with van der Waals surface area (Å²) in [5, 5.41) is 6.89. The molecule has 1 aliphatic rings. The third kappa shape index (κ3) is 7.75. The van der Waals surface area contributed by atoms with E-state index < -0.39 is 7.37 Å². The maximum Gasteiger partial charge on any atom is 0.221 e. The van der Waals surface area contributed by atoms with Crippen LogP contribution in [0.1, 0.15) is 33.1 Å². The Balaban J connectivity index is 2.47. The zero-order valence-corrected chi connectivity index (χ0v) is 14.0. The van der Waals surface area contributed by atoms with Crippen molar-refractivity contribution in [1.82, 2.24) is 15.5 Å². The van der Waals surface area contributed by atoms with E-state index in [1.165, 1.54) is 6.42 Å². The summed E-state index contributed by atoms with van der Waals surface area (Å²) in [6.45, 7) is 10.4. The predicted molar refractivity (Wildman–Crippen MR) is 85.2 cm³/mol. The monoisotopic (exact) mass is 304 g/mol. The van der Waals surface area contributed by atoms with Gasteiger partial charge >= 0.3 is 0 Å². The molecule has 6 heteroatoms. The second kappa shape index (κ2) is 10.7. The fourth-order valence-electron chi connectivity index (χ4n) is 2.30. The SMILES string of the molecule is CCOP(=O)([CH]N1CCCNCCCNCCC1)CC. The first-order valence-electron chi connectivity index (χ1n) is 7.95. The summed E-state index contributed by atoms with van der Waals surface area (Å²) in [4.78, 5) is 2.20. The Bertz CT molecular complexity index is 278. The minimum absolute atomic E-state index is 0.512. The van der Waals surface area contributed by atoms with Crippen LogP contribution >= 0.6 is 7.37 Å². The van der Waals surface area contributed by atoms with Crippen molar-refractivity contribution >= 4 is 7.37 Å². The molecule has 0 bridgehead atoms. The molecule has 0 aromatic rings. The van der Waals surface area contributed by atoms with Gasteiger partial charge in [-0.1, -0.05) is 6.92 Å². The molecule has 0 aliphatic carbocycles. The Morgan fingerprint density at radius 1 is 1.05 bits per heavy atom. The second-order valence-corrected chi connectivity index (χ2v) is 7.75. The summed E-state index contributed by atoms with van der Waals surface area (Å²) in [6, 6.07) is 0. The van der Waals surface area contributed by atoms with Crippen molar-refractivity contribution in [2.75, 3.05) is 52.0 Å². The van der Waals surface area contributed by atoms with Crippen molar-refractivity contribution in [3.05, 3.63) is 6.29 Å². The minimum atomic E-state index is -2.59. The Hall–Kier alpha value is 0.0700. The zero-order valence-electron chi connectivity index (χ0n) is 13.1. The quantitative estimate of drug-likeness (QED) is 0.762. The zero-order chi connectivity index (χ0) is 14.7. The average Bonchev–Trinajstić information content (AvgIpc) is 2.42. The lowest BCUT2D eigenvalue weighted by Crippen LogP contribution is -2.31. The van der Waals surface area contributed by atoms with Crippen LogP contribution in [0.25, 0.3) is 0 Å². The molecule has 0 spiro atoms. The fraction of sp³-hybridized carbons (Fsp3) is 0.929. The standard InChI is InChI=1S/C14H31N3O2P/c1-3-19-20(18,4-2)14-17-12-6-10-15-8-5-9-16-11-7-13-17/h14-16H,3-13H2,1-2H3. The highest BCUT2D eigenvalue weighted by atomic mass is 31.2. The van der Waals surface area contributed by atoms with Crippen LogP contribution in [-0.2, 0) is 9.09 Å². The molecule has 1 heterocycles. The van der Waals surface area contributed by atoms with Gasteiger partial charge in [-0.2, -0.15) is 0 Å². The van der Waals surface area contributed by atoms with Crippen LogP contribution in [0.2, 0.25) is 0 Å². The third-order valence-electron chi connectivity index (χ3n) is 3.43. The second-order valence-electron chi connectivity index (χ2n) is 5.17. The van der Waals surface area contributed by atoms with E-state index in [2.05, 4.69) is 15.5 Å². The first-order valence-corrected chi connectivity index (χ1v) is 9.83. The third-order valence-corrected chi connectivity index (χ3v) is 5.69. The van der Waals surface area contributed by atoms with Crippen LogP contribution in [0.5, 0.6) is 0 Å². The van der Waals surface area contributed by atoms with E-state index >= 15 is 0 Å². The molecule has 0 saturated carbocycles. The highest BCUT2D eigenvalue weighted by Crippen LogP contribution is 2.50. The summed E-state index contributed by atoms with van der Waals surface area (Å²) in [5.41, 5.74) is 0. The van der Waals surface area contributed by atoms with Crippen molar-refractivity contribution in [3.8, 4) is 0 Å². The van der Waals surface area contributed by atoms with Crippen molar-refractivity contribution in [1.29, 1.82) is 0 Å². The molecular formula is C14H31N3O2P. The molecule has 2 N–H and O–H groups in total. The number of hydrogen-bond acceptors (Lipinski definition) is 5. The van der Waals surface area contributed by atoms with Crippen LogP contribution in [0.3, 0.4) is 0 Å². The molecule has 0 amide bonds. The van der Waals surface area contributed by atoms with Crippen molar-refractivity contribution in [3.63, 3.8) is 0 Å². The maximum atomic E-state index is 12.6. The normalized spacial score (nSPS) is 23.5. The van der Waals surface area contributed by atoms with Gasteiger partial charge in [0.15, 0.2) is 0 Å². The highest BCUT2D eigenvalue weighted by Gasteiger charge is 2.24. The molecular weight excluding hydrogens is 273 g/mol. The van der Waals surface area contributed by atoms with E-state index in [1.54, 1.807) is 0 Å². The van der Waals surface area contributed by atoms with Crippen molar-refractivity contribution in [2.24, 2.45) is 0 Å². The van der Waals surface area contributed by atoms with E-state index in [4.69, 9.17) is 4.52 Å². The number of nitrogens with zero attached hydrogens (tertiary/aromatic N) is 1. The number of nitrogens with one attached hydrogen (secondary N) is 2. The lowest BCUT2D eigenvalue weighted by atomic mass is 10.3. The molecule has 119 valence electrons. The van der Waals surface area contributed by atoms with Crippen molar-refractivity contribution in [2.45, 2.75) is 33.1 Å². The van der Waals surface area contributed by atoms with Crippen LogP contribution in [0.4, 0.5) is 0 Å². The number of hydrogen-bond donors (Lipinski definition) is 2. The topological polar surface area (TPSA) is 53.6 Å². The maximum absolute atomic E-state index is 12.6. The van der Waals surface area contributed by atoms with Gasteiger partial charge in [0.2, 0.25) is 7.37 Å². The molecule has 1 saturated heterocycles. The fourth-order valence-corrected chi connectivity index (χ4v) is 3.88. The van der Waals surface area contributed by atoms with Gasteiger partial charge in [0, 0.05) is 19.3 Å².